The lowest BCUT2D eigenvalue weighted by Crippen LogP contribution is -1.96. The van der Waals surface area contributed by atoms with E-state index in [2.05, 4.69) is 38.8 Å². The highest BCUT2D eigenvalue weighted by atomic mass is 35.5. The van der Waals surface area contributed by atoms with Gasteiger partial charge in [0.2, 0.25) is 0 Å². The fourth-order valence-corrected chi connectivity index (χ4v) is 3.42. The number of nitrogens with zero attached hydrogens (tertiary/aromatic N) is 4. The van der Waals surface area contributed by atoms with E-state index < -0.39 is 0 Å². The second-order valence-electron chi connectivity index (χ2n) is 6.43. The molecule has 26 heavy (non-hydrogen) atoms. The number of fused-ring (bicyclic) bond motifs is 1. The van der Waals surface area contributed by atoms with E-state index in [0.29, 0.717) is 10.8 Å². The SMILES string of the molecule is CCCCCc1cnc2c(ccn2-c2cc(Cl)cc(-c3ncn[nH]3)c2)c1. The monoisotopic (exact) mass is 365 g/mol. The van der Waals surface area contributed by atoms with Crippen molar-refractivity contribution < 1.29 is 0 Å². The number of aryl methyl sites for hydroxylation is 1. The Bertz CT molecular complexity index is 1020. The minimum atomic E-state index is 0.645. The van der Waals surface area contributed by atoms with E-state index in [-0.39, 0.29) is 0 Å². The molecule has 3 heterocycles. The summed E-state index contributed by atoms with van der Waals surface area (Å²) in [5.41, 5.74) is 4.06. The number of rotatable bonds is 6. The minimum Gasteiger partial charge on any atom is -0.301 e. The van der Waals surface area contributed by atoms with Crippen molar-refractivity contribution in [2.45, 2.75) is 32.6 Å². The Balaban J connectivity index is 1.71. The van der Waals surface area contributed by atoms with Crippen LogP contribution < -0.4 is 0 Å². The molecule has 5 nitrogen and oxygen atoms in total. The van der Waals surface area contributed by atoms with Crippen molar-refractivity contribution in [1.29, 1.82) is 0 Å². The molecule has 132 valence electrons. The molecular weight excluding hydrogens is 346 g/mol. The van der Waals surface area contributed by atoms with Crippen LogP contribution in [0.3, 0.4) is 0 Å². The van der Waals surface area contributed by atoms with Gasteiger partial charge in [0.1, 0.15) is 12.0 Å². The third kappa shape index (κ3) is 3.35. The van der Waals surface area contributed by atoms with Crippen molar-refractivity contribution in [1.82, 2.24) is 24.7 Å². The molecule has 6 heteroatoms. The van der Waals surface area contributed by atoms with Crippen LogP contribution in [0.15, 0.2) is 49.1 Å². The topological polar surface area (TPSA) is 59.4 Å². The van der Waals surface area contributed by atoms with Gasteiger partial charge in [0, 0.05) is 34.1 Å². The number of hydrogen-bond donors (Lipinski definition) is 1. The number of pyridine rings is 1. The average molecular weight is 366 g/mol. The molecule has 0 spiro atoms. The summed E-state index contributed by atoms with van der Waals surface area (Å²) < 4.78 is 2.05. The molecule has 0 amide bonds. The van der Waals surface area contributed by atoms with Crippen LogP contribution >= 0.6 is 11.6 Å². The lowest BCUT2D eigenvalue weighted by Gasteiger charge is -2.08. The lowest BCUT2D eigenvalue weighted by molar-refractivity contribution is 0.716. The summed E-state index contributed by atoms with van der Waals surface area (Å²) >= 11 is 6.34. The van der Waals surface area contributed by atoms with E-state index in [0.717, 1.165) is 28.7 Å². The van der Waals surface area contributed by atoms with Crippen molar-refractivity contribution in [3.63, 3.8) is 0 Å². The summed E-state index contributed by atoms with van der Waals surface area (Å²) in [6.45, 7) is 2.22. The molecule has 0 bridgehead atoms. The molecule has 3 aromatic heterocycles. The minimum absolute atomic E-state index is 0.645. The van der Waals surface area contributed by atoms with Crippen LogP contribution in [-0.2, 0) is 6.42 Å². The zero-order chi connectivity index (χ0) is 17.9. The maximum absolute atomic E-state index is 6.34. The third-order valence-electron chi connectivity index (χ3n) is 4.50. The van der Waals surface area contributed by atoms with E-state index in [9.17, 15) is 0 Å². The van der Waals surface area contributed by atoms with Crippen LogP contribution in [0.25, 0.3) is 28.1 Å². The Morgan fingerprint density at radius 2 is 2.04 bits per heavy atom. The van der Waals surface area contributed by atoms with E-state index in [1.807, 2.05) is 30.6 Å². The second-order valence-corrected chi connectivity index (χ2v) is 6.87. The number of halogens is 1. The van der Waals surface area contributed by atoms with Gasteiger partial charge in [0.15, 0.2) is 5.82 Å². The standard InChI is InChI=1S/C20H20ClN5/c1-2-3-4-5-14-8-15-6-7-26(20(15)22-12-14)18-10-16(9-17(21)11-18)19-23-13-24-25-19/h6-13H,2-5H2,1H3,(H,23,24,25). The molecule has 0 fully saturated rings. The van der Waals surface area contributed by atoms with Gasteiger partial charge in [0.25, 0.3) is 0 Å². The molecule has 0 saturated carbocycles. The van der Waals surface area contributed by atoms with Gasteiger partial charge in [-0.25, -0.2) is 9.97 Å². The van der Waals surface area contributed by atoms with Gasteiger partial charge in [-0.15, -0.1) is 0 Å². The number of aromatic amines is 1. The van der Waals surface area contributed by atoms with E-state index in [1.165, 1.54) is 31.2 Å². The molecule has 0 aliphatic rings. The van der Waals surface area contributed by atoms with Gasteiger partial charge in [-0.1, -0.05) is 31.4 Å². The maximum Gasteiger partial charge on any atom is 0.155 e. The zero-order valence-corrected chi connectivity index (χ0v) is 15.4. The number of aromatic nitrogens is 5. The van der Waals surface area contributed by atoms with Gasteiger partial charge in [0.05, 0.1) is 0 Å². The highest BCUT2D eigenvalue weighted by molar-refractivity contribution is 6.31. The summed E-state index contributed by atoms with van der Waals surface area (Å²) in [5, 5.41) is 8.57. The molecule has 0 radical (unpaired) electrons. The van der Waals surface area contributed by atoms with Crippen molar-refractivity contribution in [2.24, 2.45) is 0 Å². The van der Waals surface area contributed by atoms with Crippen molar-refractivity contribution in [3.05, 3.63) is 59.6 Å². The van der Waals surface area contributed by atoms with Crippen molar-refractivity contribution in [3.8, 4) is 17.1 Å². The molecule has 4 rings (SSSR count). The predicted molar refractivity (Wildman–Crippen MR) is 105 cm³/mol. The molecule has 1 aromatic carbocycles. The first-order valence-corrected chi connectivity index (χ1v) is 9.25. The molecule has 4 aromatic rings. The predicted octanol–water partition coefficient (Wildman–Crippen LogP) is 5.20. The fraction of sp³-hybridized carbons (Fsp3) is 0.250. The first-order chi connectivity index (χ1) is 12.7. The third-order valence-corrected chi connectivity index (χ3v) is 4.72. The summed E-state index contributed by atoms with van der Waals surface area (Å²) in [5.74, 6) is 0.691. The first-order valence-electron chi connectivity index (χ1n) is 8.87. The number of unbranched alkanes of at least 4 members (excludes halogenated alkanes) is 2. The molecule has 0 unspecified atom stereocenters. The summed E-state index contributed by atoms with van der Waals surface area (Å²) in [7, 11) is 0. The zero-order valence-electron chi connectivity index (χ0n) is 14.6. The first kappa shape index (κ1) is 16.8. The number of nitrogens with one attached hydrogen (secondary N) is 1. The van der Waals surface area contributed by atoms with Gasteiger partial charge in [-0.2, -0.15) is 5.10 Å². The van der Waals surface area contributed by atoms with Gasteiger partial charge < -0.3 is 4.57 Å². The van der Waals surface area contributed by atoms with E-state index in [4.69, 9.17) is 16.6 Å². The highest BCUT2D eigenvalue weighted by Crippen LogP contribution is 2.27. The summed E-state index contributed by atoms with van der Waals surface area (Å²) in [4.78, 5) is 8.91. The number of hydrogen-bond acceptors (Lipinski definition) is 3. The number of benzene rings is 1. The van der Waals surface area contributed by atoms with Crippen LogP contribution in [0.4, 0.5) is 0 Å². The summed E-state index contributed by atoms with van der Waals surface area (Å²) in [6, 6.07) is 10.2. The van der Waals surface area contributed by atoms with Crippen molar-refractivity contribution >= 4 is 22.6 Å². The maximum atomic E-state index is 6.34. The molecule has 0 aliphatic carbocycles. The van der Waals surface area contributed by atoms with Crippen LogP contribution in [0.2, 0.25) is 5.02 Å². The van der Waals surface area contributed by atoms with Gasteiger partial charge in [-0.05, 0) is 48.7 Å². The molecule has 1 N–H and O–H groups in total. The molecular formula is C20H20ClN5. The Kier molecular flexibility index (Phi) is 4.71. The number of H-pyrrole nitrogens is 1. The Morgan fingerprint density at radius 1 is 1.12 bits per heavy atom. The Morgan fingerprint density at radius 3 is 2.85 bits per heavy atom. The molecule has 0 atom stereocenters. The van der Waals surface area contributed by atoms with Crippen LogP contribution in [0.1, 0.15) is 31.7 Å². The fourth-order valence-electron chi connectivity index (χ4n) is 3.19. The van der Waals surface area contributed by atoms with Gasteiger partial charge in [-0.3, -0.25) is 5.10 Å². The van der Waals surface area contributed by atoms with Crippen LogP contribution in [0, 0.1) is 0 Å². The van der Waals surface area contributed by atoms with Crippen molar-refractivity contribution in [2.75, 3.05) is 0 Å². The highest BCUT2D eigenvalue weighted by Gasteiger charge is 2.10. The Labute approximate surface area is 157 Å². The Hall–Kier alpha value is -2.66. The molecule has 0 saturated heterocycles. The summed E-state index contributed by atoms with van der Waals surface area (Å²) in [6.07, 6.45) is 10.3. The molecule has 0 aliphatic heterocycles. The van der Waals surface area contributed by atoms with E-state index in [1.54, 1.807) is 0 Å². The average Bonchev–Trinajstić information content (AvgIpc) is 3.31. The van der Waals surface area contributed by atoms with E-state index >= 15 is 0 Å². The van der Waals surface area contributed by atoms with Gasteiger partial charge >= 0.3 is 0 Å². The quantitative estimate of drug-likeness (QED) is 0.478. The second kappa shape index (κ2) is 7.30. The smallest absolute Gasteiger partial charge is 0.155 e. The largest absolute Gasteiger partial charge is 0.301 e. The normalized spacial score (nSPS) is 11.3. The van der Waals surface area contributed by atoms with Crippen LogP contribution in [0.5, 0.6) is 0 Å². The van der Waals surface area contributed by atoms with Crippen LogP contribution in [-0.4, -0.2) is 24.7 Å². The lowest BCUT2D eigenvalue weighted by atomic mass is 10.1.